The third-order valence-electron chi connectivity index (χ3n) is 0. The standard InChI is InChI=1S/CH3O.Na.H2O4S/c1-2;;1-5(2,3)4/h1H3;;(H2,1,2,3,4)/q-1;+1;. The minimum atomic E-state index is -4.67. The van der Waals surface area contributed by atoms with E-state index >= 15 is 0 Å². The van der Waals surface area contributed by atoms with Crippen LogP contribution in [-0.2, 0) is 10.4 Å². The van der Waals surface area contributed by atoms with Crippen LogP contribution < -0.4 is 34.7 Å². The number of hydrogen-bond acceptors (Lipinski definition) is 3. The molecule has 8 heavy (non-hydrogen) atoms. The van der Waals surface area contributed by atoms with Crippen LogP contribution in [0.25, 0.3) is 0 Å². The van der Waals surface area contributed by atoms with Crippen LogP contribution in [0.1, 0.15) is 0 Å². The second-order valence-corrected chi connectivity index (χ2v) is 1.34. The minimum absolute atomic E-state index is 0. The molecule has 0 atom stereocenters. The van der Waals surface area contributed by atoms with Crippen molar-refractivity contribution in [2.75, 3.05) is 7.11 Å². The monoisotopic (exact) mass is 152 g/mol. The number of hydrogen-bond donors (Lipinski definition) is 2. The Labute approximate surface area is 69.6 Å². The summed E-state index contributed by atoms with van der Waals surface area (Å²) < 4.78 is 31.6. The third kappa shape index (κ3) is 337. The molecule has 2 N–H and O–H groups in total. The Morgan fingerprint density at radius 3 is 1.25 bits per heavy atom. The molecule has 7 heteroatoms. The Morgan fingerprint density at radius 2 is 1.25 bits per heavy atom. The zero-order valence-electron chi connectivity index (χ0n) is 4.53. The van der Waals surface area contributed by atoms with Crippen LogP contribution in [0.4, 0.5) is 0 Å². The van der Waals surface area contributed by atoms with Crippen molar-refractivity contribution >= 4 is 10.4 Å². The smallest absolute Gasteiger partial charge is 0.857 e. The van der Waals surface area contributed by atoms with Crippen LogP contribution in [-0.4, -0.2) is 24.6 Å². The predicted molar refractivity (Wildman–Crippen MR) is 20.1 cm³/mol. The van der Waals surface area contributed by atoms with E-state index in [0.29, 0.717) is 0 Å². The van der Waals surface area contributed by atoms with Gasteiger partial charge in [-0.25, -0.2) is 0 Å². The first kappa shape index (κ1) is 15.9. The Hall–Kier alpha value is 0.830. The zero-order chi connectivity index (χ0) is 6.50. The molecule has 0 unspecified atom stereocenters. The number of rotatable bonds is 0. The molecule has 0 saturated carbocycles. The van der Waals surface area contributed by atoms with Gasteiger partial charge < -0.3 is 5.11 Å². The maximum atomic E-state index is 8.74. The quantitative estimate of drug-likeness (QED) is 0.268. The average molecular weight is 152 g/mol. The molecule has 0 fully saturated rings. The van der Waals surface area contributed by atoms with Crippen LogP contribution in [0.15, 0.2) is 0 Å². The zero-order valence-corrected chi connectivity index (χ0v) is 7.34. The largest absolute Gasteiger partial charge is 1.00 e. The van der Waals surface area contributed by atoms with Gasteiger partial charge in [0.15, 0.2) is 0 Å². The molecule has 0 heterocycles. The molecule has 0 bridgehead atoms. The molecule has 5 nitrogen and oxygen atoms in total. The molecule has 46 valence electrons. The molecule has 0 rings (SSSR count). The maximum absolute atomic E-state index is 8.74. The molecule has 0 aromatic carbocycles. The van der Waals surface area contributed by atoms with Crippen molar-refractivity contribution in [1.82, 2.24) is 0 Å². The summed E-state index contributed by atoms with van der Waals surface area (Å²) in [6.45, 7) is 0. The summed E-state index contributed by atoms with van der Waals surface area (Å²) >= 11 is 0. The second kappa shape index (κ2) is 7.83. The van der Waals surface area contributed by atoms with Crippen LogP contribution in [0.3, 0.4) is 0 Å². The van der Waals surface area contributed by atoms with Crippen LogP contribution in [0.5, 0.6) is 0 Å². The summed E-state index contributed by atoms with van der Waals surface area (Å²) in [7, 11) is -3.92. The van der Waals surface area contributed by atoms with Crippen molar-refractivity contribution < 1.29 is 52.2 Å². The van der Waals surface area contributed by atoms with E-state index < -0.39 is 10.4 Å². The molecule has 0 radical (unpaired) electrons. The Balaban J connectivity index is -0.0000000750. The van der Waals surface area contributed by atoms with E-state index in [4.69, 9.17) is 22.6 Å². The summed E-state index contributed by atoms with van der Waals surface area (Å²) in [5.41, 5.74) is 0. The summed E-state index contributed by atoms with van der Waals surface area (Å²) in [6.07, 6.45) is 0. The minimum Gasteiger partial charge on any atom is -0.857 e. The van der Waals surface area contributed by atoms with Gasteiger partial charge in [0.25, 0.3) is 0 Å². The van der Waals surface area contributed by atoms with Crippen molar-refractivity contribution in [2.45, 2.75) is 0 Å². The molecule has 0 aliphatic rings. The first-order valence-electron chi connectivity index (χ1n) is 1.11. The predicted octanol–water partition coefficient (Wildman–Crippen LogP) is -4.67. The normalized spacial score (nSPS) is 8.00. The van der Waals surface area contributed by atoms with Crippen molar-refractivity contribution in [1.29, 1.82) is 0 Å². The van der Waals surface area contributed by atoms with Crippen LogP contribution in [0, 0.1) is 0 Å². The molecule has 0 aromatic heterocycles. The molecule has 0 amide bonds. The average Bonchev–Trinajstić information content (AvgIpc) is 1.36. The molecule has 0 aliphatic heterocycles. The topological polar surface area (TPSA) is 97.7 Å². The van der Waals surface area contributed by atoms with E-state index in [1.165, 1.54) is 0 Å². The van der Waals surface area contributed by atoms with E-state index in [1.54, 1.807) is 0 Å². The Bertz CT molecular complexity index is 95.6. The van der Waals surface area contributed by atoms with E-state index in [9.17, 15) is 0 Å². The maximum Gasteiger partial charge on any atom is 1.00 e. The summed E-state index contributed by atoms with van der Waals surface area (Å²) in [5, 5.41) is 8.25. The van der Waals surface area contributed by atoms with Gasteiger partial charge in [0.05, 0.1) is 0 Å². The van der Waals surface area contributed by atoms with Gasteiger partial charge >= 0.3 is 40.0 Å². The van der Waals surface area contributed by atoms with E-state index in [-0.39, 0.29) is 29.6 Å². The molecule has 0 aliphatic carbocycles. The molecular weight excluding hydrogens is 147 g/mol. The molecule has 0 saturated heterocycles. The fraction of sp³-hybridized carbons (Fsp3) is 1.00. The molecular formula is CH5NaO5S. The van der Waals surface area contributed by atoms with Crippen molar-refractivity contribution in [2.24, 2.45) is 0 Å². The van der Waals surface area contributed by atoms with Gasteiger partial charge in [0.2, 0.25) is 0 Å². The Kier molecular flexibility index (Phi) is 15.6. The van der Waals surface area contributed by atoms with Crippen LogP contribution >= 0.6 is 0 Å². The van der Waals surface area contributed by atoms with Gasteiger partial charge in [0, 0.05) is 0 Å². The van der Waals surface area contributed by atoms with Crippen molar-refractivity contribution in [3.8, 4) is 0 Å². The van der Waals surface area contributed by atoms with Crippen molar-refractivity contribution in [3.63, 3.8) is 0 Å². The SMILES string of the molecule is C[O-].O=S(=O)(O)O.[Na+]. The fourth-order valence-electron chi connectivity index (χ4n) is 0. The van der Waals surface area contributed by atoms with Gasteiger partial charge in [-0.2, -0.15) is 15.5 Å². The fourth-order valence-corrected chi connectivity index (χ4v) is 0. The van der Waals surface area contributed by atoms with Gasteiger partial charge in [0.1, 0.15) is 0 Å². The molecule has 0 aromatic rings. The summed E-state index contributed by atoms with van der Waals surface area (Å²) in [5.74, 6) is 0. The van der Waals surface area contributed by atoms with Crippen molar-refractivity contribution in [3.05, 3.63) is 0 Å². The van der Waals surface area contributed by atoms with Gasteiger partial charge in [-0.1, -0.05) is 0 Å². The van der Waals surface area contributed by atoms with E-state index in [1.807, 2.05) is 0 Å². The molecule has 0 spiro atoms. The van der Waals surface area contributed by atoms with Gasteiger partial charge in [-0.05, 0) is 0 Å². The van der Waals surface area contributed by atoms with E-state index in [0.717, 1.165) is 7.11 Å². The second-order valence-electron chi connectivity index (χ2n) is 0.448. The summed E-state index contributed by atoms with van der Waals surface area (Å²) in [4.78, 5) is 0. The summed E-state index contributed by atoms with van der Waals surface area (Å²) in [6, 6.07) is 0. The van der Waals surface area contributed by atoms with Gasteiger partial charge in [-0.15, -0.1) is 0 Å². The first-order chi connectivity index (χ1) is 3.00. The Morgan fingerprint density at radius 1 is 1.25 bits per heavy atom. The van der Waals surface area contributed by atoms with Gasteiger partial charge in [-0.3, -0.25) is 9.11 Å². The first-order valence-corrected chi connectivity index (χ1v) is 2.50. The van der Waals surface area contributed by atoms with E-state index in [2.05, 4.69) is 0 Å². The third-order valence-corrected chi connectivity index (χ3v) is 0. The van der Waals surface area contributed by atoms with Crippen LogP contribution in [0.2, 0.25) is 0 Å².